The maximum atomic E-state index is 5.13. The Kier molecular flexibility index (Phi) is 7.22. The van der Waals surface area contributed by atoms with Gasteiger partial charge >= 0.3 is 0 Å². The van der Waals surface area contributed by atoms with Crippen LogP contribution < -0.4 is 5.32 Å². The maximum Gasteiger partial charge on any atom is 0.160 e. The minimum atomic E-state index is -0.363. The molecule has 1 spiro atoms. The van der Waals surface area contributed by atoms with Crippen LogP contribution in [0.25, 0.3) is 77.7 Å². The van der Waals surface area contributed by atoms with Crippen LogP contribution in [0, 0.1) is 0 Å². The van der Waals surface area contributed by atoms with E-state index in [0.717, 1.165) is 33.5 Å². The van der Waals surface area contributed by atoms with Crippen molar-refractivity contribution in [3.8, 4) is 56.2 Å². The van der Waals surface area contributed by atoms with Crippen LogP contribution in [0.5, 0.6) is 0 Å². The minimum Gasteiger partial charge on any atom is -0.368 e. The first-order valence-corrected chi connectivity index (χ1v) is 21.5. The number of anilines is 1. The second-order valence-corrected chi connectivity index (χ2v) is 17.2. The minimum absolute atomic E-state index is 0.0589. The molecular weight excluding hydrogens is 747 g/mol. The number of nitrogens with zero attached hydrogens (tertiary/aromatic N) is 2. The van der Waals surface area contributed by atoms with Gasteiger partial charge in [0.25, 0.3) is 0 Å². The fraction of sp³-hybridized carbons (Fsp3) is 0.0357. The zero-order chi connectivity index (χ0) is 39.4. The highest BCUT2D eigenvalue weighted by Crippen LogP contribution is 2.63. The molecule has 1 atom stereocenters. The van der Waals surface area contributed by atoms with E-state index in [2.05, 4.69) is 193 Å². The molecule has 0 saturated heterocycles. The summed E-state index contributed by atoms with van der Waals surface area (Å²) in [6.45, 7) is 0. The molecule has 10 aromatic rings. The van der Waals surface area contributed by atoms with Crippen molar-refractivity contribution in [1.82, 2.24) is 9.97 Å². The van der Waals surface area contributed by atoms with E-state index < -0.39 is 0 Å². The summed E-state index contributed by atoms with van der Waals surface area (Å²) in [5, 5.41) is 8.96. The second kappa shape index (κ2) is 12.9. The Morgan fingerprint density at radius 2 is 0.983 bits per heavy atom. The molecule has 3 aliphatic rings. The third-order valence-electron chi connectivity index (χ3n) is 12.9. The van der Waals surface area contributed by atoms with Crippen molar-refractivity contribution in [3.63, 3.8) is 0 Å². The molecule has 1 unspecified atom stereocenters. The van der Waals surface area contributed by atoms with E-state index in [1.807, 2.05) is 23.9 Å². The molecule has 1 aromatic heterocycles. The van der Waals surface area contributed by atoms with Gasteiger partial charge in [0.1, 0.15) is 5.37 Å². The summed E-state index contributed by atoms with van der Waals surface area (Å²) in [6.07, 6.45) is 0. The SMILES string of the molecule is c1ccc(-c2cc(-c3ccccc3)nc(-c3ccc4c(ccc5ccc6c(c54)NC(c4ccc5c(c4)C4(c7ccccc7-c7ccccc74)c4ccccc4-5)S6)c3)n2)cc1. The first-order valence-electron chi connectivity index (χ1n) is 20.6. The zero-order valence-electron chi connectivity index (χ0n) is 32.4. The Hall–Kier alpha value is -7.27. The van der Waals surface area contributed by atoms with E-state index in [4.69, 9.17) is 9.97 Å². The van der Waals surface area contributed by atoms with Crippen LogP contribution in [-0.2, 0) is 5.41 Å². The number of rotatable bonds is 4. The van der Waals surface area contributed by atoms with Crippen molar-refractivity contribution in [2.24, 2.45) is 0 Å². The summed E-state index contributed by atoms with van der Waals surface area (Å²) in [4.78, 5) is 11.5. The van der Waals surface area contributed by atoms with Gasteiger partial charge in [-0.1, -0.05) is 194 Å². The van der Waals surface area contributed by atoms with E-state index in [9.17, 15) is 0 Å². The summed E-state index contributed by atoms with van der Waals surface area (Å²) in [5.41, 5.74) is 17.9. The van der Waals surface area contributed by atoms with Crippen molar-refractivity contribution >= 4 is 39.0 Å². The van der Waals surface area contributed by atoms with Crippen molar-refractivity contribution in [2.45, 2.75) is 15.7 Å². The topological polar surface area (TPSA) is 37.8 Å². The van der Waals surface area contributed by atoms with Gasteiger partial charge in [0.05, 0.1) is 22.5 Å². The molecule has 60 heavy (non-hydrogen) atoms. The van der Waals surface area contributed by atoms with Crippen molar-refractivity contribution in [2.75, 3.05) is 5.32 Å². The average molecular weight is 782 g/mol. The lowest BCUT2D eigenvalue weighted by Crippen LogP contribution is -2.26. The third kappa shape index (κ3) is 4.80. The Bertz CT molecular complexity index is 3270. The smallest absolute Gasteiger partial charge is 0.160 e. The van der Waals surface area contributed by atoms with Gasteiger partial charge in [0.2, 0.25) is 0 Å². The summed E-state index contributed by atoms with van der Waals surface area (Å²) in [5.74, 6) is 0.716. The first-order chi connectivity index (χ1) is 29.7. The Labute approximate surface area is 352 Å². The van der Waals surface area contributed by atoms with Gasteiger partial charge in [0.15, 0.2) is 5.82 Å². The molecule has 9 aromatic carbocycles. The lowest BCUT2D eigenvalue weighted by Gasteiger charge is -2.31. The lowest BCUT2D eigenvalue weighted by atomic mass is 9.70. The van der Waals surface area contributed by atoms with E-state index in [0.29, 0.717) is 5.82 Å². The molecule has 3 nitrogen and oxygen atoms in total. The van der Waals surface area contributed by atoms with Gasteiger partial charge in [-0.05, 0) is 84.4 Å². The molecule has 0 amide bonds. The standard InChI is InChI=1S/C56H35N3S/c1-3-13-34(14-4-1)49-33-50(35-15-5-2-6-16-35)58-54(57-49)38-25-28-40-37(31-38)24-23-36-27-30-51-53(52(36)40)59-55(60-51)39-26-29-44-43-19-9-12-22-47(43)56(48(44)32-39)45-20-10-7-17-41(45)42-18-8-11-21-46(42)56/h1-33,55,59H. The van der Waals surface area contributed by atoms with Crippen LogP contribution in [0.4, 0.5) is 5.69 Å². The predicted molar refractivity (Wildman–Crippen MR) is 248 cm³/mol. The number of thioether (sulfide) groups is 1. The van der Waals surface area contributed by atoms with E-state index >= 15 is 0 Å². The third-order valence-corrected chi connectivity index (χ3v) is 14.2. The Balaban J connectivity index is 0.915. The van der Waals surface area contributed by atoms with Crippen LogP contribution in [0.2, 0.25) is 0 Å². The van der Waals surface area contributed by atoms with Crippen LogP contribution >= 0.6 is 11.8 Å². The number of aromatic nitrogens is 2. The average Bonchev–Trinajstić information content (AvgIpc) is 3.99. The second-order valence-electron chi connectivity index (χ2n) is 16.1. The van der Waals surface area contributed by atoms with Gasteiger partial charge in [-0.15, -0.1) is 0 Å². The molecule has 0 saturated carbocycles. The highest BCUT2D eigenvalue weighted by molar-refractivity contribution is 8.00. The highest BCUT2D eigenvalue weighted by atomic mass is 32.2. The lowest BCUT2D eigenvalue weighted by molar-refractivity contribution is 0.791. The van der Waals surface area contributed by atoms with E-state index in [1.54, 1.807) is 0 Å². The number of fused-ring (bicyclic) bond motifs is 15. The summed E-state index contributed by atoms with van der Waals surface area (Å²) >= 11 is 1.91. The molecule has 4 heteroatoms. The van der Waals surface area contributed by atoms with Gasteiger partial charge in [-0.25, -0.2) is 9.97 Å². The molecule has 1 aliphatic heterocycles. The molecule has 0 fully saturated rings. The first kappa shape index (κ1) is 33.7. The zero-order valence-corrected chi connectivity index (χ0v) is 33.2. The highest BCUT2D eigenvalue weighted by Gasteiger charge is 2.51. The van der Waals surface area contributed by atoms with Crippen LogP contribution in [0.15, 0.2) is 205 Å². The Morgan fingerprint density at radius 3 is 1.62 bits per heavy atom. The predicted octanol–water partition coefficient (Wildman–Crippen LogP) is 14.3. The molecule has 0 radical (unpaired) electrons. The quantitative estimate of drug-likeness (QED) is 0.181. The molecule has 0 bridgehead atoms. The van der Waals surface area contributed by atoms with Gasteiger partial charge in [-0.3, -0.25) is 0 Å². The monoisotopic (exact) mass is 781 g/mol. The van der Waals surface area contributed by atoms with Crippen molar-refractivity contribution in [1.29, 1.82) is 0 Å². The molecule has 2 aliphatic carbocycles. The van der Waals surface area contributed by atoms with Crippen LogP contribution in [0.1, 0.15) is 33.2 Å². The fourth-order valence-corrected chi connectivity index (χ4v) is 11.5. The normalized spacial score (nSPS) is 15.0. The fourth-order valence-electron chi connectivity index (χ4n) is 10.3. The van der Waals surface area contributed by atoms with Crippen LogP contribution in [0.3, 0.4) is 0 Å². The molecule has 13 rings (SSSR count). The summed E-state index contributed by atoms with van der Waals surface area (Å²) in [6, 6.07) is 72.9. The molecule has 280 valence electrons. The van der Waals surface area contributed by atoms with Gasteiger partial charge < -0.3 is 5.32 Å². The van der Waals surface area contributed by atoms with E-state index in [-0.39, 0.29) is 10.8 Å². The van der Waals surface area contributed by atoms with Crippen LogP contribution in [-0.4, -0.2) is 9.97 Å². The van der Waals surface area contributed by atoms with Crippen molar-refractivity contribution < 1.29 is 0 Å². The number of hydrogen-bond donors (Lipinski definition) is 1. The molecular formula is C56H35N3S. The maximum absolute atomic E-state index is 5.13. The van der Waals surface area contributed by atoms with Crippen molar-refractivity contribution in [3.05, 3.63) is 228 Å². The Morgan fingerprint density at radius 1 is 0.433 bits per heavy atom. The number of nitrogens with one attached hydrogen (secondary N) is 1. The molecule has 1 N–H and O–H groups in total. The van der Waals surface area contributed by atoms with E-state index in [1.165, 1.54) is 76.8 Å². The largest absolute Gasteiger partial charge is 0.368 e. The summed E-state index contributed by atoms with van der Waals surface area (Å²) in [7, 11) is 0. The van der Waals surface area contributed by atoms with Gasteiger partial charge in [-0.2, -0.15) is 0 Å². The summed E-state index contributed by atoms with van der Waals surface area (Å²) < 4.78 is 0. The van der Waals surface area contributed by atoms with Gasteiger partial charge in [0, 0.05) is 27.0 Å². The number of benzene rings is 9. The number of hydrogen-bond acceptors (Lipinski definition) is 4. The molecule has 2 heterocycles.